The van der Waals surface area contributed by atoms with Gasteiger partial charge in [0.1, 0.15) is 5.75 Å². The first kappa shape index (κ1) is 15.1. The van der Waals surface area contributed by atoms with Crippen molar-refractivity contribution in [2.75, 3.05) is 11.9 Å². The second-order valence-electron chi connectivity index (χ2n) is 4.97. The largest absolute Gasteiger partial charge is 0.493 e. The van der Waals surface area contributed by atoms with E-state index < -0.39 is 0 Å². The van der Waals surface area contributed by atoms with E-state index in [4.69, 9.17) is 4.74 Å². The Labute approximate surface area is 126 Å². The molecule has 21 heavy (non-hydrogen) atoms. The second kappa shape index (κ2) is 7.48. The van der Waals surface area contributed by atoms with Crippen molar-refractivity contribution in [1.29, 1.82) is 0 Å². The number of hydrogen-bond acceptors (Lipinski definition) is 2. The highest BCUT2D eigenvalue weighted by Gasteiger charge is 2.05. The molecule has 0 fully saturated rings. The SMILES string of the molecule is CCc1ccccc1NC(=O)CCOc1ccc(C)cc1. The summed E-state index contributed by atoms with van der Waals surface area (Å²) >= 11 is 0. The molecule has 0 saturated carbocycles. The average molecular weight is 283 g/mol. The fourth-order valence-corrected chi connectivity index (χ4v) is 2.06. The van der Waals surface area contributed by atoms with E-state index in [1.807, 2.05) is 55.5 Å². The van der Waals surface area contributed by atoms with Gasteiger partial charge in [0.2, 0.25) is 5.91 Å². The van der Waals surface area contributed by atoms with E-state index >= 15 is 0 Å². The molecular formula is C18H21NO2. The minimum Gasteiger partial charge on any atom is -0.493 e. The van der Waals surface area contributed by atoms with Crippen molar-refractivity contribution in [3.63, 3.8) is 0 Å². The molecule has 1 N–H and O–H groups in total. The van der Waals surface area contributed by atoms with Gasteiger partial charge in [0.25, 0.3) is 0 Å². The lowest BCUT2D eigenvalue weighted by molar-refractivity contribution is -0.116. The van der Waals surface area contributed by atoms with Crippen LogP contribution in [0.25, 0.3) is 0 Å². The van der Waals surface area contributed by atoms with Gasteiger partial charge in [-0.05, 0) is 37.1 Å². The predicted molar refractivity (Wildman–Crippen MR) is 85.7 cm³/mol. The molecule has 2 aromatic carbocycles. The summed E-state index contributed by atoms with van der Waals surface area (Å²) in [5, 5.41) is 2.94. The number of para-hydroxylation sites is 1. The molecule has 0 aromatic heterocycles. The molecule has 0 radical (unpaired) electrons. The zero-order chi connectivity index (χ0) is 15.1. The molecule has 0 atom stereocenters. The van der Waals surface area contributed by atoms with Crippen LogP contribution in [0.15, 0.2) is 48.5 Å². The summed E-state index contributed by atoms with van der Waals surface area (Å²) < 4.78 is 5.57. The number of amides is 1. The van der Waals surface area contributed by atoms with Crippen molar-refractivity contribution in [2.45, 2.75) is 26.7 Å². The number of carbonyl (C=O) groups is 1. The molecule has 0 aliphatic carbocycles. The number of nitrogens with one attached hydrogen (secondary N) is 1. The first-order chi connectivity index (χ1) is 10.2. The van der Waals surface area contributed by atoms with Gasteiger partial charge in [-0.3, -0.25) is 4.79 Å². The van der Waals surface area contributed by atoms with Crippen molar-refractivity contribution in [2.24, 2.45) is 0 Å². The van der Waals surface area contributed by atoms with Gasteiger partial charge in [-0.1, -0.05) is 42.8 Å². The van der Waals surface area contributed by atoms with Gasteiger partial charge in [0.05, 0.1) is 13.0 Å². The normalized spacial score (nSPS) is 10.2. The smallest absolute Gasteiger partial charge is 0.227 e. The monoisotopic (exact) mass is 283 g/mol. The third-order valence-corrected chi connectivity index (χ3v) is 3.29. The van der Waals surface area contributed by atoms with Gasteiger partial charge >= 0.3 is 0 Å². The number of carbonyl (C=O) groups excluding carboxylic acids is 1. The Bertz CT molecular complexity index is 590. The van der Waals surface area contributed by atoms with Crippen LogP contribution in [-0.4, -0.2) is 12.5 Å². The van der Waals surface area contributed by atoms with E-state index in [0.29, 0.717) is 13.0 Å². The van der Waals surface area contributed by atoms with Gasteiger partial charge in [-0.25, -0.2) is 0 Å². The molecule has 2 aromatic rings. The van der Waals surface area contributed by atoms with Crippen molar-refractivity contribution >= 4 is 11.6 Å². The predicted octanol–water partition coefficient (Wildman–Crippen LogP) is 3.97. The molecule has 110 valence electrons. The fraction of sp³-hybridized carbons (Fsp3) is 0.278. The maximum absolute atomic E-state index is 11.9. The minimum absolute atomic E-state index is 0.0250. The molecule has 0 aliphatic heterocycles. The lowest BCUT2D eigenvalue weighted by atomic mass is 10.1. The summed E-state index contributed by atoms with van der Waals surface area (Å²) in [6.07, 6.45) is 1.24. The first-order valence-electron chi connectivity index (χ1n) is 7.26. The fourth-order valence-electron chi connectivity index (χ4n) is 2.06. The number of hydrogen-bond donors (Lipinski definition) is 1. The summed E-state index contributed by atoms with van der Waals surface area (Å²) in [6, 6.07) is 15.7. The van der Waals surface area contributed by atoms with Crippen LogP contribution in [0.3, 0.4) is 0 Å². The zero-order valence-corrected chi connectivity index (χ0v) is 12.6. The Morgan fingerprint density at radius 1 is 1.10 bits per heavy atom. The summed E-state index contributed by atoms with van der Waals surface area (Å²) in [7, 11) is 0. The van der Waals surface area contributed by atoms with Gasteiger partial charge in [-0.2, -0.15) is 0 Å². The molecular weight excluding hydrogens is 262 g/mol. The van der Waals surface area contributed by atoms with E-state index in [2.05, 4.69) is 12.2 Å². The highest BCUT2D eigenvalue weighted by molar-refractivity contribution is 5.91. The Morgan fingerprint density at radius 3 is 2.52 bits per heavy atom. The first-order valence-corrected chi connectivity index (χ1v) is 7.26. The molecule has 0 spiro atoms. The molecule has 1 amide bonds. The van der Waals surface area contributed by atoms with E-state index in [0.717, 1.165) is 23.4 Å². The van der Waals surface area contributed by atoms with E-state index in [1.54, 1.807) is 0 Å². The van der Waals surface area contributed by atoms with Crippen LogP contribution in [0.2, 0.25) is 0 Å². The van der Waals surface area contributed by atoms with Gasteiger partial charge in [0, 0.05) is 5.69 Å². The number of aryl methyl sites for hydroxylation is 2. The van der Waals surface area contributed by atoms with Crippen LogP contribution in [0.4, 0.5) is 5.69 Å². The molecule has 0 aliphatic rings. The van der Waals surface area contributed by atoms with Crippen LogP contribution >= 0.6 is 0 Å². The molecule has 0 heterocycles. The Kier molecular flexibility index (Phi) is 5.38. The number of ether oxygens (including phenoxy) is 1. The second-order valence-corrected chi connectivity index (χ2v) is 4.97. The van der Waals surface area contributed by atoms with Crippen molar-refractivity contribution < 1.29 is 9.53 Å². The zero-order valence-electron chi connectivity index (χ0n) is 12.6. The molecule has 3 nitrogen and oxygen atoms in total. The average Bonchev–Trinajstić information content (AvgIpc) is 2.50. The van der Waals surface area contributed by atoms with Crippen molar-refractivity contribution in [3.8, 4) is 5.75 Å². The van der Waals surface area contributed by atoms with Crippen molar-refractivity contribution in [3.05, 3.63) is 59.7 Å². The van der Waals surface area contributed by atoms with Crippen LogP contribution in [-0.2, 0) is 11.2 Å². The highest BCUT2D eigenvalue weighted by Crippen LogP contribution is 2.16. The highest BCUT2D eigenvalue weighted by atomic mass is 16.5. The Balaban J connectivity index is 1.81. The summed E-state index contributed by atoms with van der Waals surface area (Å²) in [4.78, 5) is 11.9. The number of benzene rings is 2. The summed E-state index contributed by atoms with van der Waals surface area (Å²) in [5.74, 6) is 0.769. The quantitative estimate of drug-likeness (QED) is 0.871. The van der Waals surface area contributed by atoms with E-state index in [-0.39, 0.29) is 5.91 Å². The van der Waals surface area contributed by atoms with Gasteiger partial charge in [-0.15, -0.1) is 0 Å². The van der Waals surface area contributed by atoms with E-state index in [1.165, 1.54) is 5.56 Å². The third kappa shape index (κ3) is 4.63. The standard InChI is InChI=1S/C18H21NO2/c1-3-15-6-4-5-7-17(15)19-18(20)12-13-21-16-10-8-14(2)9-11-16/h4-11H,3,12-13H2,1-2H3,(H,19,20). The van der Waals surface area contributed by atoms with Crippen LogP contribution in [0.1, 0.15) is 24.5 Å². The lowest BCUT2D eigenvalue weighted by Crippen LogP contribution is -2.16. The topological polar surface area (TPSA) is 38.3 Å². The van der Waals surface area contributed by atoms with E-state index in [9.17, 15) is 4.79 Å². The third-order valence-electron chi connectivity index (χ3n) is 3.29. The maximum atomic E-state index is 11.9. The van der Waals surface area contributed by atoms with Crippen LogP contribution < -0.4 is 10.1 Å². The Morgan fingerprint density at radius 2 is 1.81 bits per heavy atom. The van der Waals surface area contributed by atoms with Crippen LogP contribution in [0, 0.1) is 6.92 Å². The van der Waals surface area contributed by atoms with Gasteiger partial charge in [0.15, 0.2) is 0 Å². The Hall–Kier alpha value is -2.29. The van der Waals surface area contributed by atoms with Gasteiger partial charge < -0.3 is 10.1 Å². The molecule has 2 rings (SSSR count). The molecule has 0 unspecified atom stereocenters. The molecule has 3 heteroatoms. The molecule has 0 bridgehead atoms. The number of anilines is 1. The maximum Gasteiger partial charge on any atom is 0.227 e. The summed E-state index contributed by atoms with van der Waals surface area (Å²) in [5.41, 5.74) is 3.22. The van der Waals surface area contributed by atoms with Crippen molar-refractivity contribution in [1.82, 2.24) is 0 Å². The molecule has 0 saturated heterocycles. The number of rotatable bonds is 6. The van der Waals surface area contributed by atoms with Crippen LogP contribution in [0.5, 0.6) is 5.75 Å². The minimum atomic E-state index is -0.0250. The lowest BCUT2D eigenvalue weighted by Gasteiger charge is -2.10. The summed E-state index contributed by atoms with van der Waals surface area (Å²) in [6.45, 7) is 4.48.